The van der Waals surface area contributed by atoms with Gasteiger partial charge in [0.05, 0.1) is 6.04 Å². The highest BCUT2D eigenvalue weighted by atomic mass is 16.2. The normalized spacial score (nSPS) is 19.1. The maximum Gasteiger partial charge on any atom is 0.246 e. The number of hydrogen-bond donors (Lipinski definition) is 2. The molecular weight excluding hydrogens is 186 g/mol. The van der Waals surface area contributed by atoms with Crippen LogP contribution in [0.25, 0.3) is 0 Å². The van der Waals surface area contributed by atoms with Crippen LogP contribution in [0.5, 0.6) is 0 Å². The van der Waals surface area contributed by atoms with E-state index in [1.165, 1.54) is 4.90 Å². The summed E-state index contributed by atoms with van der Waals surface area (Å²) in [6.07, 6.45) is 0.491. The van der Waals surface area contributed by atoms with E-state index >= 15 is 0 Å². The molecule has 0 bridgehead atoms. The Kier molecular flexibility index (Phi) is 3.19. The molecule has 0 aromatic carbocycles. The van der Waals surface area contributed by atoms with Crippen LogP contribution in [-0.2, 0) is 14.4 Å². The zero-order valence-corrected chi connectivity index (χ0v) is 7.95. The van der Waals surface area contributed by atoms with E-state index in [2.05, 4.69) is 5.32 Å². The largest absolute Gasteiger partial charge is 0.323 e. The smallest absolute Gasteiger partial charge is 0.246 e. The van der Waals surface area contributed by atoms with Gasteiger partial charge in [0.15, 0.2) is 0 Å². The highest BCUT2D eigenvalue weighted by Crippen LogP contribution is 2.00. The SMILES string of the molecule is CCC(N)C(=O)N1CC(=O)NC(=O)C1. The van der Waals surface area contributed by atoms with Crippen molar-refractivity contribution in [1.82, 2.24) is 10.2 Å². The summed E-state index contributed by atoms with van der Waals surface area (Å²) in [5.74, 6) is -1.27. The molecule has 14 heavy (non-hydrogen) atoms. The lowest BCUT2D eigenvalue weighted by atomic mass is 10.2. The molecule has 1 rings (SSSR count). The van der Waals surface area contributed by atoms with Gasteiger partial charge in [-0.15, -0.1) is 0 Å². The van der Waals surface area contributed by atoms with Crippen LogP contribution in [0.2, 0.25) is 0 Å². The maximum atomic E-state index is 11.5. The lowest BCUT2D eigenvalue weighted by Gasteiger charge is -2.27. The molecule has 1 aliphatic rings. The molecule has 0 aliphatic carbocycles. The monoisotopic (exact) mass is 199 g/mol. The number of piperazine rings is 1. The predicted molar refractivity (Wildman–Crippen MR) is 48.0 cm³/mol. The summed E-state index contributed by atoms with van der Waals surface area (Å²) in [5.41, 5.74) is 5.50. The van der Waals surface area contributed by atoms with Gasteiger partial charge in [-0.3, -0.25) is 19.7 Å². The van der Waals surface area contributed by atoms with Crippen LogP contribution in [0.15, 0.2) is 0 Å². The number of imide groups is 1. The topological polar surface area (TPSA) is 92.5 Å². The molecule has 0 saturated carbocycles. The average molecular weight is 199 g/mol. The summed E-state index contributed by atoms with van der Waals surface area (Å²) in [5, 5.41) is 2.11. The quantitative estimate of drug-likeness (QED) is 0.514. The Bertz CT molecular complexity index is 261. The zero-order valence-electron chi connectivity index (χ0n) is 7.95. The molecule has 1 saturated heterocycles. The Morgan fingerprint density at radius 3 is 2.43 bits per heavy atom. The summed E-state index contributed by atoms with van der Waals surface area (Å²) in [4.78, 5) is 34.5. The van der Waals surface area contributed by atoms with Crippen LogP contribution in [0.3, 0.4) is 0 Å². The van der Waals surface area contributed by atoms with Gasteiger partial charge in [-0.25, -0.2) is 0 Å². The number of carbonyl (C=O) groups excluding carboxylic acids is 3. The van der Waals surface area contributed by atoms with Gasteiger partial charge < -0.3 is 10.6 Å². The third kappa shape index (κ3) is 2.29. The van der Waals surface area contributed by atoms with Crippen molar-refractivity contribution >= 4 is 17.7 Å². The van der Waals surface area contributed by atoms with Crippen molar-refractivity contribution in [3.8, 4) is 0 Å². The van der Waals surface area contributed by atoms with Gasteiger partial charge in [-0.1, -0.05) is 6.92 Å². The number of rotatable bonds is 2. The Morgan fingerprint density at radius 1 is 1.50 bits per heavy atom. The lowest BCUT2D eigenvalue weighted by molar-refractivity contribution is -0.146. The summed E-state index contributed by atoms with van der Waals surface area (Å²) in [7, 11) is 0. The summed E-state index contributed by atoms with van der Waals surface area (Å²) in [6, 6.07) is -0.631. The van der Waals surface area contributed by atoms with Gasteiger partial charge in [0, 0.05) is 0 Å². The van der Waals surface area contributed by atoms with E-state index in [9.17, 15) is 14.4 Å². The van der Waals surface area contributed by atoms with Crippen molar-refractivity contribution in [2.24, 2.45) is 5.73 Å². The van der Waals surface area contributed by atoms with Crippen molar-refractivity contribution in [2.75, 3.05) is 13.1 Å². The third-order valence-corrected chi connectivity index (χ3v) is 2.02. The fourth-order valence-corrected chi connectivity index (χ4v) is 1.20. The van der Waals surface area contributed by atoms with Gasteiger partial charge >= 0.3 is 0 Å². The average Bonchev–Trinajstić information content (AvgIpc) is 2.14. The summed E-state index contributed by atoms with van der Waals surface area (Å²) in [6.45, 7) is 1.60. The summed E-state index contributed by atoms with van der Waals surface area (Å²) < 4.78 is 0. The van der Waals surface area contributed by atoms with E-state index in [4.69, 9.17) is 5.73 Å². The Labute approximate surface area is 81.4 Å². The van der Waals surface area contributed by atoms with Crippen molar-refractivity contribution in [1.29, 1.82) is 0 Å². The first kappa shape index (κ1) is 10.6. The minimum Gasteiger partial charge on any atom is -0.323 e. The number of nitrogens with one attached hydrogen (secondary N) is 1. The van der Waals surface area contributed by atoms with E-state index in [0.717, 1.165) is 0 Å². The van der Waals surface area contributed by atoms with Gasteiger partial charge in [-0.2, -0.15) is 0 Å². The van der Waals surface area contributed by atoms with E-state index in [-0.39, 0.29) is 19.0 Å². The molecule has 0 aromatic heterocycles. The molecule has 0 radical (unpaired) electrons. The highest BCUT2D eigenvalue weighted by molar-refractivity contribution is 6.03. The third-order valence-electron chi connectivity index (χ3n) is 2.02. The lowest BCUT2D eigenvalue weighted by Crippen LogP contribution is -2.56. The second kappa shape index (κ2) is 4.19. The Hall–Kier alpha value is -1.43. The Balaban J connectivity index is 2.63. The molecule has 3 amide bonds. The number of nitrogens with two attached hydrogens (primary N) is 1. The van der Waals surface area contributed by atoms with Gasteiger partial charge in [0.25, 0.3) is 0 Å². The number of carbonyl (C=O) groups is 3. The van der Waals surface area contributed by atoms with Crippen LogP contribution < -0.4 is 11.1 Å². The first-order chi connectivity index (χ1) is 6.54. The first-order valence-corrected chi connectivity index (χ1v) is 4.41. The minimum absolute atomic E-state index is 0.0850. The van der Waals surface area contributed by atoms with Gasteiger partial charge in [0.1, 0.15) is 13.1 Å². The molecule has 0 aromatic rings. The predicted octanol–water partition coefficient (Wildman–Crippen LogP) is -1.79. The van der Waals surface area contributed by atoms with Crippen molar-refractivity contribution in [2.45, 2.75) is 19.4 Å². The highest BCUT2D eigenvalue weighted by Gasteiger charge is 2.28. The minimum atomic E-state index is -0.631. The molecule has 0 spiro atoms. The zero-order chi connectivity index (χ0) is 10.7. The standard InChI is InChI=1S/C8H13N3O3/c1-2-5(9)8(14)11-3-6(12)10-7(13)4-11/h5H,2-4,9H2,1H3,(H,10,12,13). The molecule has 1 fully saturated rings. The van der Waals surface area contributed by atoms with E-state index in [0.29, 0.717) is 6.42 Å². The molecule has 1 heterocycles. The van der Waals surface area contributed by atoms with Gasteiger partial charge in [0.2, 0.25) is 17.7 Å². The second-order valence-corrected chi connectivity index (χ2v) is 3.18. The van der Waals surface area contributed by atoms with Crippen LogP contribution in [0, 0.1) is 0 Å². The molecule has 6 nitrogen and oxygen atoms in total. The number of nitrogens with zero attached hydrogens (tertiary/aromatic N) is 1. The molecule has 1 aliphatic heterocycles. The first-order valence-electron chi connectivity index (χ1n) is 4.41. The second-order valence-electron chi connectivity index (χ2n) is 3.18. The molecular formula is C8H13N3O3. The molecule has 6 heteroatoms. The van der Waals surface area contributed by atoms with Crippen molar-refractivity contribution in [3.05, 3.63) is 0 Å². The van der Waals surface area contributed by atoms with E-state index < -0.39 is 17.9 Å². The Morgan fingerprint density at radius 2 is 2.00 bits per heavy atom. The number of hydrogen-bond acceptors (Lipinski definition) is 4. The van der Waals surface area contributed by atoms with E-state index in [1.807, 2.05) is 0 Å². The van der Waals surface area contributed by atoms with Crippen molar-refractivity contribution < 1.29 is 14.4 Å². The van der Waals surface area contributed by atoms with Gasteiger partial charge in [-0.05, 0) is 6.42 Å². The van der Waals surface area contributed by atoms with Crippen LogP contribution in [0.1, 0.15) is 13.3 Å². The van der Waals surface area contributed by atoms with E-state index in [1.54, 1.807) is 6.92 Å². The van der Waals surface area contributed by atoms with Crippen LogP contribution >= 0.6 is 0 Å². The van der Waals surface area contributed by atoms with Crippen molar-refractivity contribution in [3.63, 3.8) is 0 Å². The maximum absolute atomic E-state index is 11.5. The fourth-order valence-electron chi connectivity index (χ4n) is 1.20. The molecule has 3 N–H and O–H groups in total. The molecule has 78 valence electrons. The fraction of sp³-hybridized carbons (Fsp3) is 0.625. The molecule has 1 atom stereocenters. The summed E-state index contributed by atoms with van der Waals surface area (Å²) >= 11 is 0. The van der Waals surface area contributed by atoms with Crippen LogP contribution in [-0.4, -0.2) is 41.8 Å². The number of amides is 3. The molecule has 1 unspecified atom stereocenters. The van der Waals surface area contributed by atoms with Crippen LogP contribution in [0.4, 0.5) is 0 Å².